The Morgan fingerprint density at radius 1 is 1.10 bits per heavy atom. The summed E-state index contributed by atoms with van der Waals surface area (Å²) in [5, 5.41) is 4.76. The van der Waals surface area contributed by atoms with Crippen LogP contribution in [-0.2, 0) is 0 Å². The molecule has 1 aromatic carbocycles. The summed E-state index contributed by atoms with van der Waals surface area (Å²) < 4.78 is 0. The number of thiophene rings is 1. The van der Waals surface area contributed by atoms with Crippen molar-refractivity contribution in [3.05, 3.63) is 45.3 Å². The predicted molar refractivity (Wildman–Crippen MR) is 91.1 cm³/mol. The van der Waals surface area contributed by atoms with E-state index in [0.717, 1.165) is 18.5 Å². The molecular weight excluding hydrogens is 309 g/mol. The maximum atomic E-state index is 6.09. The van der Waals surface area contributed by atoms with Crippen molar-refractivity contribution in [3.63, 3.8) is 0 Å². The molecule has 0 bridgehead atoms. The highest BCUT2D eigenvalue weighted by molar-refractivity contribution is 7.15. The summed E-state index contributed by atoms with van der Waals surface area (Å²) in [6.45, 7) is 5.36. The predicted octanol–water partition coefficient (Wildman–Crippen LogP) is 6.17. The SMILES string of the molecule is CCCC(NCC)c1ccc(-c2ccc(Cl)c(Cl)c2)s1. The highest BCUT2D eigenvalue weighted by Crippen LogP contribution is 2.35. The molecule has 1 heterocycles. The molecule has 0 radical (unpaired) electrons. The molecule has 0 fully saturated rings. The lowest BCUT2D eigenvalue weighted by molar-refractivity contribution is 0.516. The molecule has 4 heteroatoms. The maximum absolute atomic E-state index is 6.09. The van der Waals surface area contributed by atoms with Crippen LogP contribution in [0.25, 0.3) is 10.4 Å². The lowest BCUT2D eigenvalue weighted by Gasteiger charge is -2.15. The number of rotatable bonds is 6. The van der Waals surface area contributed by atoms with E-state index < -0.39 is 0 Å². The molecule has 0 saturated heterocycles. The molecule has 1 N–H and O–H groups in total. The van der Waals surface area contributed by atoms with Crippen molar-refractivity contribution in [2.75, 3.05) is 6.54 Å². The lowest BCUT2D eigenvalue weighted by atomic mass is 10.1. The molecule has 0 spiro atoms. The van der Waals surface area contributed by atoms with Gasteiger partial charge >= 0.3 is 0 Å². The normalized spacial score (nSPS) is 12.6. The highest BCUT2D eigenvalue weighted by Gasteiger charge is 2.13. The van der Waals surface area contributed by atoms with E-state index in [-0.39, 0.29) is 0 Å². The quantitative estimate of drug-likeness (QED) is 0.668. The average Bonchev–Trinajstić information content (AvgIpc) is 2.91. The van der Waals surface area contributed by atoms with Gasteiger partial charge in [0.1, 0.15) is 0 Å². The fraction of sp³-hybridized carbons (Fsp3) is 0.375. The largest absolute Gasteiger partial charge is 0.310 e. The third-order valence-corrected chi connectivity index (χ3v) is 5.19. The second kappa shape index (κ2) is 7.46. The van der Waals surface area contributed by atoms with Crippen LogP contribution < -0.4 is 5.32 Å². The van der Waals surface area contributed by atoms with Gasteiger partial charge in [-0.1, -0.05) is 49.5 Å². The second-order valence-electron chi connectivity index (χ2n) is 4.73. The van der Waals surface area contributed by atoms with Crippen molar-refractivity contribution in [1.29, 1.82) is 0 Å². The van der Waals surface area contributed by atoms with Crippen LogP contribution in [0.1, 0.15) is 37.6 Å². The number of hydrogen-bond donors (Lipinski definition) is 1. The zero-order valence-corrected chi connectivity index (χ0v) is 14.1. The molecule has 2 rings (SSSR count). The first-order valence-electron chi connectivity index (χ1n) is 6.94. The van der Waals surface area contributed by atoms with Gasteiger partial charge in [-0.2, -0.15) is 0 Å². The lowest BCUT2D eigenvalue weighted by Crippen LogP contribution is -2.19. The van der Waals surface area contributed by atoms with Crippen molar-refractivity contribution >= 4 is 34.5 Å². The Labute approximate surface area is 134 Å². The number of nitrogens with one attached hydrogen (secondary N) is 1. The van der Waals surface area contributed by atoms with Crippen molar-refractivity contribution in [1.82, 2.24) is 5.32 Å². The maximum Gasteiger partial charge on any atom is 0.0598 e. The molecule has 1 aromatic heterocycles. The first-order chi connectivity index (χ1) is 9.65. The summed E-state index contributed by atoms with van der Waals surface area (Å²) in [6, 6.07) is 10.6. The molecule has 20 heavy (non-hydrogen) atoms. The van der Waals surface area contributed by atoms with Gasteiger partial charge in [0.15, 0.2) is 0 Å². The summed E-state index contributed by atoms with van der Waals surface area (Å²) >= 11 is 13.9. The van der Waals surface area contributed by atoms with E-state index in [1.165, 1.54) is 16.2 Å². The summed E-state index contributed by atoms with van der Waals surface area (Å²) in [5.74, 6) is 0. The number of benzene rings is 1. The molecule has 1 nitrogen and oxygen atoms in total. The molecule has 0 aliphatic rings. The Kier molecular flexibility index (Phi) is 5.91. The molecular formula is C16H19Cl2NS. The molecule has 0 amide bonds. The summed E-state index contributed by atoms with van der Waals surface area (Å²) in [5.41, 5.74) is 1.13. The smallest absolute Gasteiger partial charge is 0.0598 e. The van der Waals surface area contributed by atoms with E-state index in [2.05, 4.69) is 31.3 Å². The number of hydrogen-bond acceptors (Lipinski definition) is 2. The van der Waals surface area contributed by atoms with Crippen molar-refractivity contribution < 1.29 is 0 Å². The van der Waals surface area contributed by atoms with Gasteiger partial charge in [0, 0.05) is 15.8 Å². The van der Waals surface area contributed by atoms with Crippen molar-refractivity contribution in [2.24, 2.45) is 0 Å². The van der Waals surface area contributed by atoms with Crippen LogP contribution in [0, 0.1) is 0 Å². The van der Waals surface area contributed by atoms with E-state index in [0.29, 0.717) is 16.1 Å². The molecule has 1 unspecified atom stereocenters. The van der Waals surface area contributed by atoms with Crippen LogP contribution >= 0.6 is 34.5 Å². The topological polar surface area (TPSA) is 12.0 Å². The van der Waals surface area contributed by atoms with E-state index in [4.69, 9.17) is 23.2 Å². The molecule has 0 aliphatic heterocycles. The third kappa shape index (κ3) is 3.76. The minimum atomic E-state index is 0.450. The first kappa shape index (κ1) is 15.8. The van der Waals surface area contributed by atoms with Crippen molar-refractivity contribution in [2.45, 2.75) is 32.7 Å². The zero-order valence-electron chi connectivity index (χ0n) is 11.7. The second-order valence-corrected chi connectivity index (χ2v) is 6.66. The van der Waals surface area contributed by atoms with Crippen LogP contribution in [0.4, 0.5) is 0 Å². The van der Waals surface area contributed by atoms with Gasteiger partial charge in [-0.3, -0.25) is 0 Å². The van der Waals surface area contributed by atoms with Gasteiger partial charge < -0.3 is 5.32 Å². The Hall–Kier alpha value is -0.540. The van der Waals surface area contributed by atoms with E-state index >= 15 is 0 Å². The van der Waals surface area contributed by atoms with Crippen LogP contribution in [-0.4, -0.2) is 6.54 Å². The summed E-state index contributed by atoms with van der Waals surface area (Å²) in [6.07, 6.45) is 2.34. The Balaban J connectivity index is 2.24. The third-order valence-electron chi connectivity index (χ3n) is 3.20. The van der Waals surface area contributed by atoms with Gasteiger partial charge in [-0.15, -0.1) is 11.3 Å². The Bertz CT molecular complexity index is 559. The van der Waals surface area contributed by atoms with Gasteiger partial charge in [-0.25, -0.2) is 0 Å². The van der Waals surface area contributed by atoms with Gasteiger partial charge in [0.2, 0.25) is 0 Å². The first-order valence-corrected chi connectivity index (χ1v) is 8.51. The van der Waals surface area contributed by atoms with Crippen LogP contribution in [0.2, 0.25) is 10.0 Å². The Morgan fingerprint density at radius 3 is 2.55 bits per heavy atom. The fourth-order valence-electron chi connectivity index (χ4n) is 2.22. The summed E-state index contributed by atoms with van der Waals surface area (Å²) in [4.78, 5) is 2.62. The monoisotopic (exact) mass is 327 g/mol. The fourth-order valence-corrected chi connectivity index (χ4v) is 3.64. The van der Waals surface area contributed by atoms with E-state index in [1.807, 2.05) is 29.5 Å². The highest BCUT2D eigenvalue weighted by atomic mass is 35.5. The molecule has 2 aromatic rings. The minimum absolute atomic E-state index is 0.450. The molecule has 0 saturated carbocycles. The summed E-state index contributed by atoms with van der Waals surface area (Å²) in [7, 11) is 0. The standard InChI is InChI=1S/C16H19Cl2NS/c1-3-5-14(19-4-2)16-9-8-15(20-16)11-6-7-12(17)13(18)10-11/h6-10,14,19H,3-5H2,1-2H3. The van der Waals surface area contributed by atoms with Crippen LogP contribution in [0.5, 0.6) is 0 Å². The molecule has 108 valence electrons. The van der Waals surface area contributed by atoms with Crippen LogP contribution in [0.15, 0.2) is 30.3 Å². The minimum Gasteiger partial charge on any atom is -0.310 e. The zero-order chi connectivity index (χ0) is 14.5. The van der Waals surface area contributed by atoms with Crippen molar-refractivity contribution in [3.8, 4) is 10.4 Å². The van der Waals surface area contributed by atoms with Gasteiger partial charge in [0.05, 0.1) is 10.0 Å². The van der Waals surface area contributed by atoms with Gasteiger partial charge in [-0.05, 0) is 42.8 Å². The van der Waals surface area contributed by atoms with E-state index in [9.17, 15) is 0 Å². The van der Waals surface area contributed by atoms with Crippen LogP contribution in [0.3, 0.4) is 0 Å². The average molecular weight is 328 g/mol. The van der Waals surface area contributed by atoms with Gasteiger partial charge in [0.25, 0.3) is 0 Å². The Morgan fingerprint density at radius 2 is 1.90 bits per heavy atom. The molecule has 0 aliphatic carbocycles. The number of halogens is 2. The molecule has 1 atom stereocenters. The van der Waals surface area contributed by atoms with E-state index in [1.54, 1.807) is 0 Å².